The highest BCUT2D eigenvalue weighted by molar-refractivity contribution is 5.99. The molecule has 0 aliphatic heterocycles. The summed E-state index contributed by atoms with van der Waals surface area (Å²) in [6, 6.07) is 0. The fraction of sp³-hybridized carbons (Fsp3) is 0.750. The van der Waals surface area contributed by atoms with Crippen molar-refractivity contribution in [2.75, 3.05) is 0 Å². The molecular formula is C8H14O4. The zero-order chi connectivity index (χ0) is 9.72. The van der Waals surface area contributed by atoms with Crippen molar-refractivity contribution >= 4 is 11.6 Å². The van der Waals surface area contributed by atoms with Gasteiger partial charge < -0.3 is 10.2 Å². The van der Waals surface area contributed by atoms with Gasteiger partial charge in [0.25, 0.3) is 0 Å². The summed E-state index contributed by atoms with van der Waals surface area (Å²) in [7, 11) is 0. The Morgan fingerprint density at radius 2 is 1.83 bits per heavy atom. The van der Waals surface area contributed by atoms with Crippen LogP contribution in [0.2, 0.25) is 0 Å². The topological polar surface area (TPSA) is 74.6 Å². The maximum Gasteiger partial charge on any atom is 0.168 e. The minimum atomic E-state index is -1.21. The number of hydrogen-bond acceptors (Lipinski definition) is 4. The van der Waals surface area contributed by atoms with Crippen molar-refractivity contribution in [3.8, 4) is 0 Å². The van der Waals surface area contributed by atoms with Crippen LogP contribution in [-0.4, -0.2) is 34.0 Å². The second kappa shape index (κ2) is 5.00. The summed E-state index contributed by atoms with van der Waals surface area (Å²) in [6.07, 6.45) is -2.20. The number of carbonyl (C=O) groups excluding carboxylic acids is 2. The molecule has 4 nitrogen and oxygen atoms in total. The van der Waals surface area contributed by atoms with Crippen molar-refractivity contribution in [1.29, 1.82) is 0 Å². The van der Waals surface area contributed by atoms with Gasteiger partial charge in [0.2, 0.25) is 0 Å². The number of hydrogen-bond donors (Lipinski definition) is 2. The van der Waals surface area contributed by atoms with Gasteiger partial charge in [-0.1, -0.05) is 0 Å². The van der Waals surface area contributed by atoms with Crippen LogP contribution in [0.5, 0.6) is 0 Å². The van der Waals surface area contributed by atoms with Crippen LogP contribution in [-0.2, 0) is 9.59 Å². The Labute approximate surface area is 71.2 Å². The van der Waals surface area contributed by atoms with Gasteiger partial charge in [-0.3, -0.25) is 9.59 Å². The highest BCUT2D eigenvalue weighted by Gasteiger charge is 2.17. The van der Waals surface area contributed by atoms with Gasteiger partial charge in [-0.05, 0) is 13.8 Å². The van der Waals surface area contributed by atoms with Crippen LogP contribution in [0.4, 0.5) is 0 Å². The van der Waals surface area contributed by atoms with E-state index in [9.17, 15) is 9.59 Å². The number of aliphatic hydroxyl groups is 2. The van der Waals surface area contributed by atoms with E-state index in [-0.39, 0.29) is 18.6 Å². The molecule has 0 spiro atoms. The Balaban J connectivity index is 3.85. The number of rotatable bonds is 5. The Kier molecular flexibility index (Phi) is 4.70. The largest absolute Gasteiger partial charge is 0.393 e. The summed E-state index contributed by atoms with van der Waals surface area (Å²) in [5.74, 6) is -0.798. The minimum Gasteiger partial charge on any atom is -0.393 e. The predicted octanol–water partition coefficient (Wildman–Crippen LogP) is -0.334. The quantitative estimate of drug-likeness (QED) is 0.559. The monoisotopic (exact) mass is 174 g/mol. The second-order valence-electron chi connectivity index (χ2n) is 2.95. The first-order chi connectivity index (χ1) is 5.43. The molecule has 0 rings (SSSR count). The lowest BCUT2D eigenvalue weighted by Crippen LogP contribution is -2.26. The molecule has 2 N–H and O–H groups in total. The summed E-state index contributed by atoms with van der Waals surface area (Å²) in [5, 5.41) is 17.9. The zero-order valence-corrected chi connectivity index (χ0v) is 7.28. The summed E-state index contributed by atoms with van der Waals surface area (Å²) >= 11 is 0. The molecule has 2 atom stereocenters. The van der Waals surface area contributed by atoms with Crippen LogP contribution in [0.25, 0.3) is 0 Å². The second-order valence-corrected chi connectivity index (χ2v) is 2.95. The van der Waals surface area contributed by atoms with E-state index in [0.717, 1.165) is 0 Å². The van der Waals surface area contributed by atoms with E-state index in [1.165, 1.54) is 13.8 Å². The fourth-order valence-electron chi connectivity index (χ4n) is 0.818. The van der Waals surface area contributed by atoms with Crippen LogP contribution >= 0.6 is 0 Å². The van der Waals surface area contributed by atoms with Gasteiger partial charge in [0.1, 0.15) is 11.9 Å². The van der Waals surface area contributed by atoms with Crippen molar-refractivity contribution in [3.63, 3.8) is 0 Å². The first-order valence-electron chi connectivity index (χ1n) is 3.81. The predicted molar refractivity (Wildman–Crippen MR) is 42.6 cm³/mol. The van der Waals surface area contributed by atoms with Gasteiger partial charge >= 0.3 is 0 Å². The Hall–Kier alpha value is -0.740. The van der Waals surface area contributed by atoms with Gasteiger partial charge in [0.15, 0.2) is 5.78 Å². The smallest absolute Gasteiger partial charge is 0.168 e. The zero-order valence-electron chi connectivity index (χ0n) is 7.28. The maximum absolute atomic E-state index is 10.9. The van der Waals surface area contributed by atoms with E-state index in [1.807, 2.05) is 0 Å². The third-order valence-electron chi connectivity index (χ3n) is 1.36. The molecule has 0 aromatic rings. The summed E-state index contributed by atoms with van der Waals surface area (Å²) < 4.78 is 0. The van der Waals surface area contributed by atoms with E-state index in [0.29, 0.717) is 0 Å². The molecule has 0 bridgehead atoms. The fourth-order valence-corrected chi connectivity index (χ4v) is 0.818. The van der Waals surface area contributed by atoms with Gasteiger partial charge in [-0.15, -0.1) is 0 Å². The summed E-state index contributed by atoms with van der Waals surface area (Å²) in [4.78, 5) is 21.4. The highest BCUT2D eigenvalue weighted by Crippen LogP contribution is 2.01. The minimum absolute atomic E-state index is 0.00782. The maximum atomic E-state index is 10.9. The van der Waals surface area contributed by atoms with Gasteiger partial charge in [-0.2, -0.15) is 0 Å². The van der Waals surface area contributed by atoms with Crippen LogP contribution in [0, 0.1) is 0 Å². The van der Waals surface area contributed by atoms with Crippen LogP contribution in [0.3, 0.4) is 0 Å². The van der Waals surface area contributed by atoms with Crippen molar-refractivity contribution < 1.29 is 19.8 Å². The third-order valence-corrected chi connectivity index (χ3v) is 1.36. The Morgan fingerprint density at radius 1 is 1.33 bits per heavy atom. The molecule has 4 heteroatoms. The van der Waals surface area contributed by atoms with Crippen molar-refractivity contribution in [1.82, 2.24) is 0 Å². The van der Waals surface area contributed by atoms with Crippen molar-refractivity contribution in [2.24, 2.45) is 0 Å². The molecule has 0 radical (unpaired) electrons. The number of Topliss-reactive ketones (excluding diaryl/α,β-unsaturated/α-hetero) is 2. The van der Waals surface area contributed by atoms with E-state index in [1.54, 1.807) is 0 Å². The average Bonchev–Trinajstić information content (AvgIpc) is 1.84. The molecule has 0 fully saturated rings. The number of aliphatic hydroxyl groups excluding tert-OH is 2. The Morgan fingerprint density at radius 3 is 2.17 bits per heavy atom. The molecule has 0 amide bonds. The lowest BCUT2D eigenvalue weighted by atomic mass is 10.1. The summed E-state index contributed by atoms with van der Waals surface area (Å²) in [6.45, 7) is 2.76. The van der Waals surface area contributed by atoms with Gasteiger partial charge in [-0.25, -0.2) is 0 Å². The molecule has 0 aliphatic rings. The van der Waals surface area contributed by atoms with E-state index in [4.69, 9.17) is 10.2 Å². The lowest BCUT2D eigenvalue weighted by molar-refractivity contribution is -0.132. The SMILES string of the molecule is CC(=O)CC(=O)[C@H](O)C[C@@H](C)O. The average molecular weight is 174 g/mol. The first-order valence-corrected chi connectivity index (χ1v) is 3.81. The molecule has 0 saturated heterocycles. The van der Waals surface area contributed by atoms with Crippen LogP contribution < -0.4 is 0 Å². The van der Waals surface area contributed by atoms with Crippen LogP contribution in [0.1, 0.15) is 26.7 Å². The standard InChI is InChI=1S/C8H14O4/c1-5(9)3-7(11)8(12)4-6(2)10/h5,7,9,11H,3-4H2,1-2H3/t5-,7-/m1/s1. The molecule has 0 aromatic heterocycles. The van der Waals surface area contributed by atoms with Crippen molar-refractivity contribution in [2.45, 2.75) is 38.9 Å². The Bertz CT molecular complexity index is 174. The molecule has 0 saturated carbocycles. The van der Waals surface area contributed by atoms with Crippen LogP contribution in [0.15, 0.2) is 0 Å². The summed E-state index contributed by atoms with van der Waals surface area (Å²) in [5.41, 5.74) is 0. The molecular weight excluding hydrogens is 160 g/mol. The van der Waals surface area contributed by atoms with E-state index >= 15 is 0 Å². The molecule has 0 unspecified atom stereocenters. The third kappa shape index (κ3) is 4.98. The molecule has 12 heavy (non-hydrogen) atoms. The molecule has 0 aliphatic carbocycles. The van der Waals surface area contributed by atoms with Crippen molar-refractivity contribution in [3.05, 3.63) is 0 Å². The highest BCUT2D eigenvalue weighted by atomic mass is 16.3. The first kappa shape index (κ1) is 11.3. The van der Waals surface area contributed by atoms with Gasteiger partial charge in [0, 0.05) is 6.42 Å². The lowest BCUT2D eigenvalue weighted by Gasteiger charge is -2.09. The molecule has 0 aromatic carbocycles. The van der Waals surface area contributed by atoms with E-state index in [2.05, 4.69) is 0 Å². The number of carbonyl (C=O) groups is 2. The molecule has 0 heterocycles. The number of ketones is 2. The van der Waals surface area contributed by atoms with Gasteiger partial charge in [0.05, 0.1) is 12.5 Å². The normalized spacial score (nSPS) is 15.3. The van der Waals surface area contributed by atoms with E-state index < -0.39 is 18.0 Å². The molecule has 70 valence electrons.